The van der Waals surface area contributed by atoms with Gasteiger partial charge in [0.05, 0.1) is 11.4 Å². The maximum atomic E-state index is 13.5. The molecule has 1 aromatic carbocycles. The lowest BCUT2D eigenvalue weighted by Crippen LogP contribution is -2.36. The fourth-order valence-corrected chi connectivity index (χ4v) is 2.09. The number of benzene rings is 1. The minimum atomic E-state index is -3.36. The number of guanidine groups is 1. The van der Waals surface area contributed by atoms with Crippen LogP contribution in [0.5, 0.6) is 0 Å². The molecule has 0 spiro atoms. The smallest absolute Gasteiger partial charge is 0.189 e. The van der Waals surface area contributed by atoms with Crippen molar-refractivity contribution in [2.45, 2.75) is 31.3 Å². The fraction of sp³-hybridized carbons (Fsp3) is 0.417. The molecular weight excluding hydrogens is 269 g/mol. The highest BCUT2D eigenvalue weighted by atomic mass is 32.2. The fourth-order valence-electron chi connectivity index (χ4n) is 1.41. The van der Waals surface area contributed by atoms with Crippen molar-refractivity contribution in [3.05, 3.63) is 29.6 Å². The molecule has 19 heavy (non-hydrogen) atoms. The number of nitrogens with one attached hydrogen (secondary N) is 1. The van der Waals surface area contributed by atoms with E-state index in [1.807, 2.05) is 13.8 Å². The number of hydrogen-bond donors (Lipinski definition) is 2. The zero-order valence-electron chi connectivity index (χ0n) is 11.1. The van der Waals surface area contributed by atoms with Crippen molar-refractivity contribution in [3.8, 4) is 0 Å². The Hall–Kier alpha value is -1.63. The van der Waals surface area contributed by atoms with Crippen LogP contribution in [0.3, 0.4) is 0 Å². The van der Waals surface area contributed by atoms with E-state index in [0.29, 0.717) is 0 Å². The van der Waals surface area contributed by atoms with Gasteiger partial charge in [-0.25, -0.2) is 17.8 Å². The van der Waals surface area contributed by atoms with Gasteiger partial charge in [-0.05, 0) is 32.0 Å². The Labute approximate surface area is 112 Å². The number of aliphatic imine (C=N–C) groups is 1. The Morgan fingerprint density at radius 1 is 1.47 bits per heavy atom. The molecular formula is C12H18FN3O2S. The first kappa shape index (κ1) is 15.4. The molecule has 1 rings (SSSR count). The Bertz CT molecular complexity index is 583. The third kappa shape index (κ3) is 4.86. The maximum absolute atomic E-state index is 13.5. The molecule has 0 heterocycles. The van der Waals surface area contributed by atoms with E-state index in [9.17, 15) is 12.8 Å². The van der Waals surface area contributed by atoms with Crippen LogP contribution in [0.15, 0.2) is 28.1 Å². The molecule has 0 saturated heterocycles. The van der Waals surface area contributed by atoms with Gasteiger partial charge in [0.2, 0.25) is 0 Å². The maximum Gasteiger partial charge on any atom is 0.189 e. The Kier molecular flexibility index (Phi) is 4.88. The largest absolute Gasteiger partial charge is 0.370 e. The predicted molar refractivity (Wildman–Crippen MR) is 73.1 cm³/mol. The number of rotatable bonds is 4. The van der Waals surface area contributed by atoms with Crippen molar-refractivity contribution in [1.29, 1.82) is 0 Å². The topological polar surface area (TPSA) is 84.5 Å². The summed E-state index contributed by atoms with van der Waals surface area (Å²) in [7, 11) is -3.36. The van der Waals surface area contributed by atoms with Gasteiger partial charge in [-0.3, -0.25) is 0 Å². The molecule has 0 saturated carbocycles. The first-order valence-electron chi connectivity index (χ1n) is 5.75. The molecule has 1 aromatic rings. The highest BCUT2D eigenvalue weighted by Gasteiger charge is 2.10. The van der Waals surface area contributed by atoms with Gasteiger partial charge < -0.3 is 11.1 Å². The van der Waals surface area contributed by atoms with Crippen LogP contribution < -0.4 is 11.1 Å². The predicted octanol–water partition coefficient (Wildman–Crippen LogP) is 1.04. The lowest BCUT2D eigenvalue weighted by Gasteiger charge is -2.09. The number of hydrogen-bond acceptors (Lipinski definition) is 3. The molecule has 0 atom stereocenters. The summed E-state index contributed by atoms with van der Waals surface area (Å²) in [5, 5.41) is 2.86. The molecule has 0 fully saturated rings. The third-order valence-electron chi connectivity index (χ3n) is 2.30. The molecule has 0 unspecified atom stereocenters. The number of sulfone groups is 1. The van der Waals surface area contributed by atoms with Crippen molar-refractivity contribution in [2.75, 3.05) is 6.26 Å². The Balaban J connectivity index is 2.95. The van der Waals surface area contributed by atoms with Gasteiger partial charge in [-0.2, -0.15) is 0 Å². The van der Waals surface area contributed by atoms with Crippen molar-refractivity contribution >= 4 is 15.8 Å². The van der Waals surface area contributed by atoms with Crippen LogP contribution in [0.4, 0.5) is 4.39 Å². The average molecular weight is 287 g/mol. The van der Waals surface area contributed by atoms with Crippen LogP contribution in [0.25, 0.3) is 0 Å². The van der Waals surface area contributed by atoms with Crippen molar-refractivity contribution in [2.24, 2.45) is 10.7 Å². The van der Waals surface area contributed by atoms with Crippen molar-refractivity contribution in [1.82, 2.24) is 5.32 Å². The number of nitrogens with zero attached hydrogens (tertiary/aromatic N) is 1. The van der Waals surface area contributed by atoms with Crippen LogP contribution >= 0.6 is 0 Å². The second-order valence-electron chi connectivity index (χ2n) is 4.53. The van der Waals surface area contributed by atoms with Gasteiger partial charge in [0.25, 0.3) is 0 Å². The standard InChI is InChI=1S/C12H18FN3O2S/c1-8(2)16-12(14)15-7-9-6-10(19(3,17)18)4-5-11(9)13/h4-6,8H,7H2,1-3H3,(H3,14,15,16). The average Bonchev–Trinajstić information content (AvgIpc) is 2.25. The summed E-state index contributed by atoms with van der Waals surface area (Å²) in [6.07, 6.45) is 1.07. The van der Waals surface area contributed by atoms with E-state index in [1.54, 1.807) is 0 Å². The SMILES string of the molecule is CC(C)NC(N)=NCc1cc(S(C)(=O)=O)ccc1F. The summed E-state index contributed by atoms with van der Waals surface area (Å²) in [5.74, 6) is -0.312. The highest BCUT2D eigenvalue weighted by molar-refractivity contribution is 7.90. The summed E-state index contributed by atoms with van der Waals surface area (Å²) < 4.78 is 36.3. The van der Waals surface area contributed by atoms with E-state index in [-0.39, 0.29) is 29.0 Å². The quantitative estimate of drug-likeness (QED) is 0.492. The molecule has 0 bridgehead atoms. The van der Waals surface area contributed by atoms with Crippen molar-refractivity contribution < 1.29 is 12.8 Å². The zero-order valence-corrected chi connectivity index (χ0v) is 12.0. The van der Waals surface area contributed by atoms with Crippen molar-refractivity contribution in [3.63, 3.8) is 0 Å². The monoisotopic (exact) mass is 287 g/mol. The molecule has 5 nitrogen and oxygen atoms in total. The summed E-state index contributed by atoms with van der Waals surface area (Å²) in [4.78, 5) is 4.03. The molecule has 0 amide bonds. The Morgan fingerprint density at radius 2 is 2.11 bits per heavy atom. The van der Waals surface area contributed by atoms with Crippen LogP contribution in [-0.2, 0) is 16.4 Å². The zero-order chi connectivity index (χ0) is 14.6. The van der Waals surface area contributed by atoms with E-state index in [2.05, 4.69) is 10.3 Å². The minimum Gasteiger partial charge on any atom is -0.370 e. The van der Waals surface area contributed by atoms with E-state index in [1.165, 1.54) is 12.1 Å². The summed E-state index contributed by atoms with van der Waals surface area (Å²) in [6.45, 7) is 3.78. The molecule has 0 aliphatic rings. The van der Waals surface area contributed by atoms with Gasteiger partial charge >= 0.3 is 0 Å². The van der Waals surface area contributed by atoms with E-state index < -0.39 is 15.7 Å². The number of nitrogens with two attached hydrogens (primary N) is 1. The van der Waals surface area contributed by atoms with Gasteiger partial charge in [0.15, 0.2) is 15.8 Å². The van der Waals surface area contributed by atoms with E-state index in [4.69, 9.17) is 5.73 Å². The van der Waals surface area contributed by atoms with Gasteiger partial charge in [0, 0.05) is 17.9 Å². The first-order chi connectivity index (χ1) is 8.70. The minimum absolute atomic E-state index is 0.0131. The second kappa shape index (κ2) is 6.01. The molecule has 0 radical (unpaired) electrons. The van der Waals surface area contributed by atoms with Gasteiger partial charge in [-0.1, -0.05) is 0 Å². The number of halogens is 1. The lowest BCUT2D eigenvalue weighted by molar-refractivity contribution is 0.596. The van der Waals surface area contributed by atoms with Crippen LogP contribution in [0.1, 0.15) is 19.4 Å². The molecule has 7 heteroatoms. The molecule has 0 aliphatic carbocycles. The first-order valence-corrected chi connectivity index (χ1v) is 7.64. The van der Waals surface area contributed by atoms with E-state index in [0.717, 1.165) is 12.3 Å². The lowest BCUT2D eigenvalue weighted by atomic mass is 10.2. The highest BCUT2D eigenvalue weighted by Crippen LogP contribution is 2.15. The summed E-state index contributed by atoms with van der Waals surface area (Å²) in [6, 6.07) is 3.74. The van der Waals surface area contributed by atoms with Gasteiger partial charge in [-0.15, -0.1) is 0 Å². The van der Waals surface area contributed by atoms with Crippen LogP contribution in [0.2, 0.25) is 0 Å². The Morgan fingerprint density at radius 3 is 2.63 bits per heavy atom. The third-order valence-corrected chi connectivity index (χ3v) is 3.41. The second-order valence-corrected chi connectivity index (χ2v) is 6.54. The summed E-state index contributed by atoms with van der Waals surface area (Å²) >= 11 is 0. The van der Waals surface area contributed by atoms with Crippen LogP contribution in [0, 0.1) is 5.82 Å². The normalized spacial score (nSPS) is 12.8. The van der Waals surface area contributed by atoms with Gasteiger partial charge in [0.1, 0.15) is 5.82 Å². The molecule has 0 aromatic heterocycles. The molecule has 0 aliphatic heterocycles. The van der Waals surface area contributed by atoms with Crippen LogP contribution in [-0.4, -0.2) is 26.7 Å². The van der Waals surface area contributed by atoms with E-state index >= 15 is 0 Å². The summed E-state index contributed by atoms with van der Waals surface area (Å²) in [5.41, 5.74) is 5.79. The molecule has 106 valence electrons. The molecule has 3 N–H and O–H groups in total.